The van der Waals surface area contributed by atoms with Gasteiger partial charge in [0.05, 0.1) is 12.1 Å². The molecule has 0 aliphatic carbocycles. The second kappa shape index (κ2) is 7.65. The first-order chi connectivity index (χ1) is 10.5. The van der Waals surface area contributed by atoms with E-state index >= 15 is 0 Å². The molecule has 1 fully saturated rings. The molecule has 1 saturated heterocycles. The number of rotatable bonds is 5. The van der Waals surface area contributed by atoms with Crippen molar-refractivity contribution in [3.05, 3.63) is 35.4 Å². The van der Waals surface area contributed by atoms with Crippen molar-refractivity contribution in [1.29, 1.82) is 0 Å². The summed E-state index contributed by atoms with van der Waals surface area (Å²) in [6.07, 6.45) is 2.25. The molecule has 6 heteroatoms. The van der Waals surface area contributed by atoms with E-state index in [2.05, 4.69) is 10.6 Å². The average molecular weight is 312 g/mol. The van der Waals surface area contributed by atoms with Gasteiger partial charge in [0.2, 0.25) is 5.91 Å². The number of aliphatic hydroxyl groups excluding tert-OH is 1. The molecule has 0 saturated carbocycles. The molecule has 0 spiro atoms. The van der Waals surface area contributed by atoms with Crippen molar-refractivity contribution in [2.75, 3.05) is 6.54 Å². The van der Waals surface area contributed by atoms with Crippen molar-refractivity contribution in [1.82, 2.24) is 10.6 Å². The lowest BCUT2D eigenvalue weighted by Crippen LogP contribution is -2.54. The van der Waals surface area contributed by atoms with Crippen molar-refractivity contribution >= 4 is 5.91 Å². The zero-order valence-corrected chi connectivity index (χ0v) is 12.6. The van der Waals surface area contributed by atoms with Crippen LogP contribution in [-0.4, -0.2) is 35.7 Å². The Labute approximate surface area is 128 Å². The van der Waals surface area contributed by atoms with Crippen LogP contribution in [0.3, 0.4) is 0 Å². The standard InChI is InChI=1S/C16H22F2N2O2/c1-10(21)20-15(16(22)14-4-2-3-5-19-14)8-11-6-12(17)9-13(18)7-11/h6-7,9,14-16,19,22H,2-5,8H2,1H3,(H,20,21)/t14-,15-,16+/m0/s1. The number of benzene rings is 1. The smallest absolute Gasteiger partial charge is 0.217 e. The van der Waals surface area contributed by atoms with Crippen molar-refractivity contribution in [2.45, 2.75) is 50.8 Å². The van der Waals surface area contributed by atoms with E-state index in [0.29, 0.717) is 5.56 Å². The molecule has 0 bridgehead atoms. The third-order valence-electron chi connectivity index (χ3n) is 3.94. The lowest BCUT2D eigenvalue weighted by molar-refractivity contribution is -0.120. The van der Waals surface area contributed by atoms with Gasteiger partial charge >= 0.3 is 0 Å². The highest BCUT2D eigenvalue weighted by molar-refractivity contribution is 5.73. The molecule has 1 aliphatic rings. The molecule has 22 heavy (non-hydrogen) atoms. The molecule has 1 heterocycles. The second-order valence-electron chi connectivity index (χ2n) is 5.84. The number of hydrogen-bond donors (Lipinski definition) is 3. The maximum atomic E-state index is 13.3. The highest BCUT2D eigenvalue weighted by atomic mass is 19.1. The van der Waals surface area contributed by atoms with Gasteiger partial charge in [0.15, 0.2) is 0 Å². The summed E-state index contributed by atoms with van der Waals surface area (Å²) in [4.78, 5) is 11.4. The van der Waals surface area contributed by atoms with Gasteiger partial charge < -0.3 is 15.7 Å². The normalized spacial score (nSPS) is 21.2. The third-order valence-corrected chi connectivity index (χ3v) is 3.94. The predicted octanol–water partition coefficient (Wildman–Crippen LogP) is 1.51. The van der Waals surface area contributed by atoms with E-state index < -0.39 is 23.8 Å². The van der Waals surface area contributed by atoms with Gasteiger partial charge in [0, 0.05) is 19.0 Å². The number of aliphatic hydroxyl groups is 1. The van der Waals surface area contributed by atoms with Crippen LogP contribution < -0.4 is 10.6 Å². The van der Waals surface area contributed by atoms with Gasteiger partial charge in [-0.3, -0.25) is 4.79 Å². The fourth-order valence-corrected chi connectivity index (χ4v) is 2.95. The number of nitrogens with one attached hydrogen (secondary N) is 2. The molecule has 3 atom stereocenters. The maximum absolute atomic E-state index is 13.3. The summed E-state index contributed by atoms with van der Waals surface area (Å²) >= 11 is 0. The van der Waals surface area contributed by atoms with Crippen LogP contribution in [0.15, 0.2) is 18.2 Å². The summed E-state index contributed by atoms with van der Waals surface area (Å²) in [5.74, 6) is -1.61. The SMILES string of the molecule is CC(=O)N[C@@H](Cc1cc(F)cc(F)c1)[C@H](O)[C@@H]1CCCCN1. The van der Waals surface area contributed by atoms with E-state index in [1.54, 1.807) is 0 Å². The Morgan fingerprint density at radius 3 is 2.59 bits per heavy atom. The number of amides is 1. The Morgan fingerprint density at radius 2 is 2.05 bits per heavy atom. The van der Waals surface area contributed by atoms with E-state index in [-0.39, 0.29) is 18.4 Å². The van der Waals surface area contributed by atoms with Gasteiger partial charge in [-0.05, 0) is 43.5 Å². The molecule has 1 aromatic rings. The van der Waals surface area contributed by atoms with Crippen LogP contribution >= 0.6 is 0 Å². The largest absolute Gasteiger partial charge is 0.389 e. The summed E-state index contributed by atoms with van der Waals surface area (Å²) in [7, 11) is 0. The molecule has 1 aromatic carbocycles. The molecule has 2 rings (SSSR count). The Morgan fingerprint density at radius 1 is 1.36 bits per heavy atom. The van der Waals surface area contributed by atoms with Crippen LogP contribution in [-0.2, 0) is 11.2 Å². The summed E-state index contributed by atoms with van der Waals surface area (Å²) in [5.41, 5.74) is 0.408. The van der Waals surface area contributed by atoms with Crippen molar-refractivity contribution in [2.24, 2.45) is 0 Å². The van der Waals surface area contributed by atoms with Crippen LogP contribution in [0.4, 0.5) is 8.78 Å². The van der Waals surface area contributed by atoms with E-state index in [9.17, 15) is 18.7 Å². The first-order valence-electron chi connectivity index (χ1n) is 7.59. The summed E-state index contributed by atoms with van der Waals surface area (Å²) < 4.78 is 26.6. The third kappa shape index (κ3) is 4.74. The van der Waals surface area contributed by atoms with Gasteiger partial charge in [-0.2, -0.15) is 0 Å². The molecule has 0 unspecified atom stereocenters. The highest BCUT2D eigenvalue weighted by Gasteiger charge is 2.29. The van der Waals surface area contributed by atoms with E-state index in [1.807, 2.05) is 0 Å². The molecule has 4 nitrogen and oxygen atoms in total. The minimum atomic E-state index is -0.810. The first-order valence-corrected chi connectivity index (χ1v) is 7.59. The van der Waals surface area contributed by atoms with Gasteiger partial charge in [-0.25, -0.2) is 8.78 Å². The number of carbonyl (C=O) groups excluding carboxylic acids is 1. The number of carbonyl (C=O) groups is 1. The van der Waals surface area contributed by atoms with Crippen LogP contribution in [0.1, 0.15) is 31.7 Å². The summed E-state index contributed by atoms with van der Waals surface area (Å²) in [6, 6.07) is 2.53. The molecule has 1 aliphatic heterocycles. The maximum Gasteiger partial charge on any atom is 0.217 e. The Hall–Kier alpha value is -1.53. The fourth-order valence-electron chi connectivity index (χ4n) is 2.95. The molecular weight excluding hydrogens is 290 g/mol. The topological polar surface area (TPSA) is 61.4 Å². The predicted molar refractivity (Wildman–Crippen MR) is 79.3 cm³/mol. The highest BCUT2D eigenvalue weighted by Crippen LogP contribution is 2.17. The lowest BCUT2D eigenvalue weighted by Gasteiger charge is -2.33. The summed E-state index contributed by atoms with van der Waals surface area (Å²) in [5, 5.41) is 16.4. The Bertz CT molecular complexity index is 499. The van der Waals surface area contributed by atoms with Gasteiger partial charge in [-0.1, -0.05) is 6.42 Å². The average Bonchev–Trinajstić information content (AvgIpc) is 2.45. The monoisotopic (exact) mass is 312 g/mol. The number of piperidine rings is 1. The van der Waals surface area contributed by atoms with Crippen LogP contribution in [0.5, 0.6) is 0 Å². The molecule has 0 aromatic heterocycles. The van der Waals surface area contributed by atoms with Crippen molar-refractivity contribution < 1.29 is 18.7 Å². The van der Waals surface area contributed by atoms with E-state index in [4.69, 9.17) is 0 Å². The minimum Gasteiger partial charge on any atom is -0.389 e. The molecule has 3 N–H and O–H groups in total. The van der Waals surface area contributed by atoms with Crippen LogP contribution in [0.2, 0.25) is 0 Å². The van der Waals surface area contributed by atoms with Crippen molar-refractivity contribution in [3.8, 4) is 0 Å². The lowest BCUT2D eigenvalue weighted by atomic mass is 9.91. The second-order valence-corrected chi connectivity index (χ2v) is 5.84. The fraction of sp³-hybridized carbons (Fsp3) is 0.562. The zero-order valence-electron chi connectivity index (χ0n) is 12.6. The number of hydrogen-bond acceptors (Lipinski definition) is 3. The molecule has 0 radical (unpaired) electrons. The van der Waals surface area contributed by atoms with E-state index in [0.717, 1.165) is 31.9 Å². The quantitative estimate of drug-likeness (QED) is 0.772. The van der Waals surface area contributed by atoms with Gasteiger partial charge in [-0.15, -0.1) is 0 Å². The van der Waals surface area contributed by atoms with Crippen LogP contribution in [0, 0.1) is 11.6 Å². The van der Waals surface area contributed by atoms with Crippen LogP contribution in [0.25, 0.3) is 0 Å². The minimum absolute atomic E-state index is 0.121. The Balaban J connectivity index is 2.12. The van der Waals surface area contributed by atoms with Gasteiger partial charge in [0.1, 0.15) is 11.6 Å². The molecule has 1 amide bonds. The summed E-state index contributed by atoms with van der Waals surface area (Å²) in [6.45, 7) is 2.18. The van der Waals surface area contributed by atoms with Gasteiger partial charge in [0.25, 0.3) is 0 Å². The first kappa shape index (κ1) is 16.8. The molecule has 122 valence electrons. The number of halogens is 2. The van der Waals surface area contributed by atoms with Crippen molar-refractivity contribution in [3.63, 3.8) is 0 Å². The Kier molecular flexibility index (Phi) is 5.85. The molecular formula is C16H22F2N2O2. The zero-order chi connectivity index (χ0) is 16.1. The van der Waals surface area contributed by atoms with E-state index in [1.165, 1.54) is 19.1 Å².